The quantitative estimate of drug-likeness (QED) is 0.626. The Morgan fingerprint density at radius 2 is 1.87 bits per heavy atom. The van der Waals surface area contributed by atoms with Crippen LogP contribution in [0.25, 0.3) is 5.76 Å². The number of carboxylic acid groups (broad SMARTS) is 1. The predicted octanol–water partition coefficient (Wildman–Crippen LogP) is 4.64. The molecule has 0 aliphatic carbocycles. The summed E-state index contributed by atoms with van der Waals surface area (Å²) in [4.78, 5) is 15.3. The van der Waals surface area contributed by atoms with E-state index in [0.717, 1.165) is 0 Å². The van der Waals surface area contributed by atoms with E-state index in [2.05, 4.69) is 4.98 Å². The largest absolute Gasteiger partial charge is 0.495 e. The molecule has 0 saturated heterocycles. The van der Waals surface area contributed by atoms with Gasteiger partial charge in [-0.1, -0.05) is 23.2 Å². The molecule has 1 N–H and O–H groups in total. The first-order valence-electron chi connectivity index (χ1n) is 6.50. The van der Waals surface area contributed by atoms with Crippen molar-refractivity contribution in [1.29, 1.82) is 0 Å². The van der Waals surface area contributed by atoms with Crippen molar-refractivity contribution in [3.63, 3.8) is 0 Å². The number of hydrogen-bond donors (Lipinski definition) is 1. The first-order chi connectivity index (χ1) is 10.9. The Labute approximate surface area is 143 Å². The molecule has 0 radical (unpaired) electrons. The molecular formula is C16H13Cl2NO4. The summed E-state index contributed by atoms with van der Waals surface area (Å²) < 4.78 is 10.9. The summed E-state index contributed by atoms with van der Waals surface area (Å²) >= 11 is 11.9. The molecule has 0 unspecified atom stereocenters. The number of pyridine rings is 1. The number of nitrogens with zero attached hydrogens (tertiary/aromatic N) is 1. The number of aromatic nitrogens is 1. The zero-order valence-corrected chi connectivity index (χ0v) is 13.9. The third kappa shape index (κ3) is 4.15. The fourth-order valence-electron chi connectivity index (χ4n) is 1.91. The van der Waals surface area contributed by atoms with Crippen LogP contribution in [0.5, 0.6) is 11.6 Å². The maximum absolute atomic E-state index is 11.2. The number of hydrogen-bond acceptors (Lipinski definition) is 4. The van der Waals surface area contributed by atoms with Crippen LogP contribution in [0.4, 0.5) is 0 Å². The minimum atomic E-state index is -1.09. The summed E-state index contributed by atoms with van der Waals surface area (Å²) in [5.41, 5.74) is 0.445. The Morgan fingerprint density at radius 1 is 1.22 bits per heavy atom. The number of ether oxygens (including phenoxy) is 2. The normalized spacial score (nSPS) is 11.7. The van der Waals surface area contributed by atoms with Gasteiger partial charge in [-0.3, -0.25) is 0 Å². The Morgan fingerprint density at radius 3 is 2.43 bits per heavy atom. The number of halogens is 2. The van der Waals surface area contributed by atoms with Gasteiger partial charge in [0.2, 0.25) is 5.88 Å². The highest BCUT2D eigenvalue weighted by Gasteiger charge is 2.18. The molecule has 7 heteroatoms. The molecule has 0 amide bonds. The third-order valence-electron chi connectivity index (χ3n) is 2.93. The molecule has 2 rings (SSSR count). The summed E-state index contributed by atoms with van der Waals surface area (Å²) in [6, 6.07) is 8.03. The fraction of sp³-hybridized carbons (Fsp3) is 0.125. The van der Waals surface area contributed by atoms with Crippen LogP contribution in [0.15, 0.2) is 42.1 Å². The van der Waals surface area contributed by atoms with Crippen molar-refractivity contribution in [3.8, 4) is 11.6 Å². The number of carboxylic acids is 1. The average molecular weight is 354 g/mol. The SMILES string of the molecule is CO/C(=C(\C)C(=O)O)c1cccnc1Oc1cc(Cl)cc(Cl)c1. The first kappa shape index (κ1) is 17.1. The van der Waals surface area contributed by atoms with E-state index >= 15 is 0 Å². The van der Waals surface area contributed by atoms with Crippen molar-refractivity contribution < 1.29 is 19.4 Å². The highest BCUT2D eigenvalue weighted by Crippen LogP contribution is 2.32. The van der Waals surface area contributed by atoms with E-state index in [1.807, 2.05) is 0 Å². The lowest BCUT2D eigenvalue weighted by atomic mass is 10.1. The summed E-state index contributed by atoms with van der Waals surface area (Å²) in [5, 5.41) is 9.99. The molecule has 23 heavy (non-hydrogen) atoms. The number of benzene rings is 1. The highest BCUT2D eigenvalue weighted by molar-refractivity contribution is 6.34. The summed E-state index contributed by atoms with van der Waals surface area (Å²) in [6.07, 6.45) is 1.52. The Kier molecular flexibility index (Phi) is 5.47. The van der Waals surface area contributed by atoms with Crippen LogP contribution in [-0.4, -0.2) is 23.2 Å². The van der Waals surface area contributed by atoms with Crippen molar-refractivity contribution >= 4 is 34.9 Å². The molecule has 0 atom stereocenters. The molecule has 1 aromatic heterocycles. The van der Waals surface area contributed by atoms with Gasteiger partial charge in [0.05, 0.1) is 18.2 Å². The van der Waals surface area contributed by atoms with Crippen molar-refractivity contribution in [2.24, 2.45) is 0 Å². The lowest BCUT2D eigenvalue weighted by molar-refractivity contribution is -0.132. The Bertz CT molecular complexity index is 754. The maximum Gasteiger partial charge on any atom is 0.335 e. The molecular weight excluding hydrogens is 341 g/mol. The smallest absolute Gasteiger partial charge is 0.335 e. The molecule has 1 aromatic carbocycles. The van der Waals surface area contributed by atoms with Gasteiger partial charge in [-0.25, -0.2) is 9.78 Å². The van der Waals surface area contributed by atoms with Crippen LogP contribution in [0, 0.1) is 0 Å². The zero-order chi connectivity index (χ0) is 17.0. The van der Waals surface area contributed by atoms with Gasteiger partial charge in [0.25, 0.3) is 0 Å². The Balaban J connectivity index is 2.49. The van der Waals surface area contributed by atoms with Crippen LogP contribution in [0.1, 0.15) is 12.5 Å². The van der Waals surface area contributed by atoms with E-state index in [4.69, 9.17) is 37.8 Å². The van der Waals surface area contributed by atoms with Gasteiger partial charge < -0.3 is 14.6 Å². The fourth-order valence-corrected chi connectivity index (χ4v) is 2.41. The summed E-state index contributed by atoms with van der Waals surface area (Å²) in [5.74, 6) is -0.370. The topological polar surface area (TPSA) is 68.7 Å². The number of carbonyl (C=O) groups is 1. The lowest BCUT2D eigenvalue weighted by Gasteiger charge is -2.13. The molecule has 0 fully saturated rings. The second-order valence-electron chi connectivity index (χ2n) is 4.53. The van der Waals surface area contributed by atoms with Gasteiger partial charge in [0.1, 0.15) is 11.5 Å². The zero-order valence-electron chi connectivity index (χ0n) is 12.3. The maximum atomic E-state index is 11.2. The van der Waals surface area contributed by atoms with Crippen molar-refractivity contribution in [2.45, 2.75) is 6.92 Å². The minimum Gasteiger partial charge on any atom is -0.495 e. The van der Waals surface area contributed by atoms with Crippen LogP contribution < -0.4 is 4.74 Å². The van der Waals surface area contributed by atoms with Crippen LogP contribution in [0.2, 0.25) is 10.0 Å². The van der Waals surface area contributed by atoms with Gasteiger partial charge in [-0.15, -0.1) is 0 Å². The first-order valence-corrected chi connectivity index (χ1v) is 7.25. The minimum absolute atomic E-state index is 0.0366. The van der Waals surface area contributed by atoms with Gasteiger partial charge in [-0.05, 0) is 37.3 Å². The molecule has 0 spiro atoms. The monoisotopic (exact) mass is 353 g/mol. The molecule has 1 heterocycles. The van der Waals surface area contributed by atoms with E-state index in [0.29, 0.717) is 21.4 Å². The summed E-state index contributed by atoms with van der Waals surface area (Å²) in [7, 11) is 1.38. The van der Waals surface area contributed by atoms with Crippen molar-refractivity contribution in [1.82, 2.24) is 4.98 Å². The molecule has 0 aliphatic heterocycles. The molecule has 120 valence electrons. The summed E-state index contributed by atoms with van der Waals surface area (Å²) in [6.45, 7) is 1.44. The van der Waals surface area contributed by atoms with Gasteiger partial charge in [-0.2, -0.15) is 0 Å². The van der Waals surface area contributed by atoms with Crippen LogP contribution in [0.3, 0.4) is 0 Å². The van der Waals surface area contributed by atoms with E-state index in [-0.39, 0.29) is 17.2 Å². The Hall–Kier alpha value is -2.24. The highest BCUT2D eigenvalue weighted by atomic mass is 35.5. The molecule has 0 aliphatic rings. The third-order valence-corrected chi connectivity index (χ3v) is 3.37. The molecule has 0 saturated carbocycles. The van der Waals surface area contributed by atoms with Crippen molar-refractivity contribution in [3.05, 3.63) is 57.7 Å². The second-order valence-corrected chi connectivity index (χ2v) is 5.40. The second kappa shape index (κ2) is 7.35. The number of aliphatic carboxylic acids is 1. The van der Waals surface area contributed by atoms with Gasteiger partial charge in [0, 0.05) is 16.2 Å². The van der Waals surface area contributed by atoms with E-state index < -0.39 is 5.97 Å². The molecule has 0 bridgehead atoms. The van der Waals surface area contributed by atoms with Crippen LogP contribution in [-0.2, 0) is 9.53 Å². The van der Waals surface area contributed by atoms with Crippen LogP contribution >= 0.6 is 23.2 Å². The van der Waals surface area contributed by atoms with Gasteiger partial charge in [0.15, 0.2) is 0 Å². The average Bonchev–Trinajstić information content (AvgIpc) is 2.48. The van der Waals surface area contributed by atoms with E-state index in [1.54, 1.807) is 30.3 Å². The molecule has 5 nitrogen and oxygen atoms in total. The van der Waals surface area contributed by atoms with E-state index in [9.17, 15) is 4.79 Å². The number of methoxy groups -OCH3 is 1. The number of rotatable bonds is 5. The standard InChI is InChI=1S/C16H13Cl2NO4/c1-9(16(20)21)14(22-2)13-4-3-5-19-15(13)23-12-7-10(17)6-11(18)8-12/h3-8H,1-2H3,(H,20,21)/b14-9+. The van der Waals surface area contributed by atoms with E-state index in [1.165, 1.54) is 20.2 Å². The van der Waals surface area contributed by atoms with Crippen molar-refractivity contribution in [2.75, 3.05) is 7.11 Å². The van der Waals surface area contributed by atoms with Gasteiger partial charge >= 0.3 is 5.97 Å². The lowest BCUT2D eigenvalue weighted by Crippen LogP contribution is -2.04. The predicted molar refractivity (Wildman–Crippen MR) is 88.0 cm³/mol. The molecule has 2 aromatic rings.